The summed E-state index contributed by atoms with van der Waals surface area (Å²) in [4.78, 5) is 4.73. The first-order valence-corrected chi connectivity index (χ1v) is 8.39. The van der Waals surface area contributed by atoms with Crippen LogP contribution in [0.15, 0.2) is 35.3 Å². The molecule has 19 heavy (non-hydrogen) atoms. The summed E-state index contributed by atoms with van der Waals surface area (Å²) in [5.74, 6) is 2.05. The second kappa shape index (κ2) is 6.47. The third kappa shape index (κ3) is 3.53. The van der Waals surface area contributed by atoms with E-state index in [0.717, 1.165) is 23.4 Å². The van der Waals surface area contributed by atoms with Crippen LogP contribution >= 0.6 is 11.8 Å². The Labute approximate surface area is 120 Å². The molecule has 2 nitrogen and oxygen atoms in total. The lowest BCUT2D eigenvalue weighted by atomic mass is 10.1. The van der Waals surface area contributed by atoms with E-state index in [4.69, 9.17) is 4.99 Å². The summed E-state index contributed by atoms with van der Waals surface area (Å²) < 4.78 is 0. The SMILES string of the molecule is c1ccc(C2CSC(=NCCC3CCCC3)N2)cc1. The molecule has 1 saturated carbocycles. The largest absolute Gasteiger partial charge is 0.357 e. The standard InChI is InChI=1S/C16H22N2S/c1-2-8-14(9-3-1)15-12-19-16(18-15)17-11-10-13-6-4-5-7-13/h1-3,8-9,13,15H,4-7,10-12H2,(H,17,18). The van der Waals surface area contributed by atoms with Gasteiger partial charge >= 0.3 is 0 Å². The molecule has 1 aliphatic heterocycles. The van der Waals surface area contributed by atoms with E-state index in [1.54, 1.807) is 0 Å². The maximum Gasteiger partial charge on any atom is 0.157 e. The summed E-state index contributed by atoms with van der Waals surface area (Å²) in [7, 11) is 0. The van der Waals surface area contributed by atoms with Gasteiger partial charge in [-0.05, 0) is 17.9 Å². The fraction of sp³-hybridized carbons (Fsp3) is 0.562. The Hall–Kier alpha value is -0.960. The molecule has 1 atom stereocenters. The van der Waals surface area contributed by atoms with Gasteiger partial charge in [0.05, 0.1) is 6.04 Å². The molecule has 0 radical (unpaired) electrons. The summed E-state index contributed by atoms with van der Waals surface area (Å²) in [5.41, 5.74) is 1.37. The van der Waals surface area contributed by atoms with E-state index in [9.17, 15) is 0 Å². The van der Waals surface area contributed by atoms with Crippen molar-refractivity contribution < 1.29 is 0 Å². The molecule has 0 bridgehead atoms. The second-order valence-electron chi connectivity index (χ2n) is 5.54. The van der Waals surface area contributed by atoms with Crippen LogP contribution in [0, 0.1) is 5.92 Å². The molecule has 0 aromatic heterocycles. The number of nitrogens with one attached hydrogen (secondary N) is 1. The van der Waals surface area contributed by atoms with Crippen LogP contribution < -0.4 is 5.32 Å². The van der Waals surface area contributed by atoms with Crippen LogP contribution in [0.25, 0.3) is 0 Å². The van der Waals surface area contributed by atoms with Crippen molar-refractivity contribution in [3.8, 4) is 0 Å². The third-order valence-corrected chi connectivity index (χ3v) is 5.17. The Balaban J connectivity index is 1.48. The van der Waals surface area contributed by atoms with E-state index < -0.39 is 0 Å². The van der Waals surface area contributed by atoms with Gasteiger partial charge in [0.15, 0.2) is 5.17 Å². The van der Waals surface area contributed by atoms with Gasteiger partial charge in [-0.25, -0.2) is 0 Å². The van der Waals surface area contributed by atoms with Crippen molar-refractivity contribution in [3.05, 3.63) is 35.9 Å². The van der Waals surface area contributed by atoms with Gasteiger partial charge in [-0.3, -0.25) is 4.99 Å². The summed E-state index contributed by atoms with van der Waals surface area (Å²) in [6, 6.07) is 11.1. The molecule has 1 unspecified atom stereocenters. The van der Waals surface area contributed by atoms with Gasteiger partial charge in [0.2, 0.25) is 0 Å². The van der Waals surface area contributed by atoms with E-state index in [-0.39, 0.29) is 0 Å². The fourth-order valence-corrected chi connectivity index (χ4v) is 4.01. The topological polar surface area (TPSA) is 24.4 Å². The van der Waals surface area contributed by atoms with E-state index in [1.165, 1.54) is 37.7 Å². The summed E-state index contributed by atoms with van der Waals surface area (Å²) in [6.07, 6.45) is 7.01. The van der Waals surface area contributed by atoms with Gasteiger partial charge < -0.3 is 5.32 Å². The molecule has 0 spiro atoms. The highest BCUT2D eigenvalue weighted by Gasteiger charge is 2.21. The lowest BCUT2D eigenvalue weighted by Crippen LogP contribution is -2.19. The molecule has 2 fully saturated rings. The molecule has 1 aromatic carbocycles. The van der Waals surface area contributed by atoms with Crippen LogP contribution in [0.4, 0.5) is 0 Å². The van der Waals surface area contributed by atoms with Crippen LogP contribution in [0.1, 0.15) is 43.7 Å². The Morgan fingerprint density at radius 3 is 2.74 bits per heavy atom. The van der Waals surface area contributed by atoms with E-state index in [1.807, 2.05) is 11.8 Å². The van der Waals surface area contributed by atoms with Crippen LogP contribution in [-0.2, 0) is 0 Å². The summed E-state index contributed by atoms with van der Waals surface area (Å²) in [5, 5.41) is 4.69. The van der Waals surface area contributed by atoms with Gasteiger partial charge in [-0.1, -0.05) is 67.8 Å². The van der Waals surface area contributed by atoms with Crippen LogP contribution in [0.3, 0.4) is 0 Å². The number of hydrogen-bond donors (Lipinski definition) is 1. The second-order valence-corrected chi connectivity index (χ2v) is 6.55. The molecule has 3 rings (SSSR count). The first kappa shape index (κ1) is 13.0. The van der Waals surface area contributed by atoms with Gasteiger partial charge in [-0.15, -0.1) is 0 Å². The van der Waals surface area contributed by atoms with Gasteiger partial charge in [0.1, 0.15) is 0 Å². The van der Waals surface area contributed by atoms with Crippen molar-refractivity contribution in [1.82, 2.24) is 5.32 Å². The number of amidine groups is 1. The Morgan fingerprint density at radius 1 is 1.16 bits per heavy atom. The quantitative estimate of drug-likeness (QED) is 0.897. The minimum Gasteiger partial charge on any atom is -0.357 e. The Morgan fingerprint density at radius 2 is 1.95 bits per heavy atom. The van der Waals surface area contributed by atoms with Gasteiger partial charge in [-0.2, -0.15) is 0 Å². The van der Waals surface area contributed by atoms with Crippen molar-refractivity contribution in [3.63, 3.8) is 0 Å². The van der Waals surface area contributed by atoms with E-state index in [2.05, 4.69) is 35.6 Å². The average molecular weight is 274 g/mol. The lowest BCUT2D eigenvalue weighted by molar-refractivity contribution is 0.512. The normalized spacial score (nSPS) is 25.9. The molecule has 1 aliphatic carbocycles. The van der Waals surface area contributed by atoms with E-state index >= 15 is 0 Å². The predicted octanol–water partition coefficient (Wildman–Crippen LogP) is 4.00. The molecule has 1 saturated heterocycles. The summed E-state index contributed by atoms with van der Waals surface area (Å²) >= 11 is 1.87. The minimum absolute atomic E-state index is 0.441. The smallest absolute Gasteiger partial charge is 0.157 e. The zero-order chi connectivity index (χ0) is 12.9. The summed E-state index contributed by atoms with van der Waals surface area (Å²) in [6.45, 7) is 1.00. The highest BCUT2D eigenvalue weighted by atomic mass is 32.2. The van der Waals surface area contributed by atoms with Crippen molar-refractivity contribution in [2.24, 2.45) is 10.9 Å². The number of hydrogen-bond acceptors (Lipinski definition) is 2. The molecule has 1 aromatic rings. The van der Waals surface area contributed by atoms with Gasteiger partial charge in [0.25, 0.3) is 0 Å². The van der Waals surface area contributed by atoms with Crippen LogP contribution in [-0.4, -0.2) is 17.5 Å². The molecule has 0 amide bonds. The lowest BCUT2D eigenvalue weighted by Gasteiger charge is -2.10. The van der Waals surface area contributed by atoms with Crippen molar-refractivity contribution in [2.75, 3.05) is 12.3 Å². The first-order valence-electron chi connectivity index (χ1n) is 7.40. The molecule has 1 heterocycles. The van der Waals surface area contributed by atoms with Crippen molar-refractivity contribution in [2.45, 2.75) is 38.1 Å². The number of rotatable bonds is 4. The predicted molar refractivity (Wildman–Crippen MR) is 83.7 cm³/mol. The van der Waals surface area contributed by atoms with Gasteiger partial charge in [0, 0.05) is 12.3 Å². The highest BCUT2D eigenvalue weighted by molar-refractivity contribution is 8.14. The zero-order valence-corrected chi connectivity index (χ0v) is 12.2. The fourth-order valence-electron chi connectivity index (χ4n) is 3.00. The number of aliphatic imine (C=N–C) groups is 1. The zero-order valence-electron chi connectivity index (χ0n) is 11.3. The Bertz CT molecular complexity index is 424. The monoisotopic (exact) mass is 274 g/mol. The minimum atomic E-state index is 0.441. The number of benzene rings is 1. The van der Waals surface area contributed by atoms with Crippen molar-refractivity contribution >= 4 is 16.9 Å². The highest BCUT2D eigenvalue weighted by Crippen LogP contribution is 2.28. The molecular weight excluding hydrogens is 252 g/mol. The molecule has 3 heteroatoms. The van der Waals surface area contributed by atoms with Crippen LogP contribution in [0.2, 0.25) is 0 Å². The Kier molecular flexibility index (Phi) is 4.44. The van der Waals surface area contributed by atoms with Crippen molar-refractivity contribution in [1.29, 1.82) is 0 Å². The molecule has 2 aliphatic rings. The molecule has 102 valence electrons. The first-order chi connectivity index (χ1) is 9.42. The van der Waals surface area contributed by atoms with E-state index in [0.29, 0.717) is 6.04 Å². The average Bonchev–Trinajstić information content (AvgIpc) is 3.11. The third-order valence-electron chi connectivity index (χ3n) is 4.15. The van der Waals surface area contributed by atoms with Crippen LogP contribution in [0.5, 0.6) is 0 Å². The maximum atomic E-state index is 4.73. The molecular formula is C16H22N2S. The molecule has 1 N–H and O–H groups in total. The maximum absolute atomic E-state index is 4.73. The number of nitrogens with zero attached hydrogens (tertiary/aromatic N) is 1. The number of thioether (sulfide) groups is 1.